The fraction of sp³-hybridized carbons (Fsp3) is 0.895. The molecular weight excluding hydrogens is 473 g/mol. The summed E-state index contributed by atoms with van der Waals surface area (Å²) < 4.78 is 10.6. The van der Waals surface area contributed by atoms with Crippen molar-refractivity contribution >= 4 is 36.0 Å². The molecule has 0 aromatic rings. The second kappa shape index (κ2) is 16.0. The van der Waals surface area contributed by atoms with Gasteiger partial charge in [-0.25, -0.2) is 4.79 Å². The highest BCUT2D eigenvalue weighted by molar-refractivity contribution is 14.0. The molecule has 0 aliphatic carbocycles. The lowest BCUT2D eigenvalue weighted by Gasteiger charge is -2.26. The molecule has 1 rings (SSSR count). The van der Waals surface area contributed by atoms with Crippen LogP contribution in [0, 0.1) is 0 Å². The van der Waals surface area contributed by atoms with E-state index in [1.54, 1.807) is 0 Å². The Bertz CT molecular complexity index is 438. The zero-order valence-corrected chi connectivity index (χ0v) is 20.3. The summed E-state index contributed by atoms with van der Waals surface area (Å²) in [6.07, 6.45) is 2.68. The number of carbonyl (C=O) groups excluding carboxylic acids is 1. The number of unbranched alkanes of at least 4 members (excludes halogenated alkanes) is 1. The second-order valence-corrected chi connectivity index (χ2v) is 7.63. The highest BCUT2D eigenvalue weighted by Crippen LogP contribution is 2.06. The fourth-order valence-corrected chi connectivity index (χ4v) is 2.61. The van der Waals surface area contributed by atoms with Crippen molar-refractivity contribution in [2.24, 2.45) is 4.99 Å². The van der Waals surface area contributed by atoms with E-state index in [-0.39, 0.29) is 30.1 Å². The summed E-state index contributed by atoms with van der Waals surface area (Å²) in [6, 6.07) is 0. The number of hydrogen-bond donors (Lipinski definition) is 3. The van der Waals surface area contributed by atoms with E-state index in [9.17, 15) is 4.79 Å². The fourth-order valence-electron chi connectivity index (χ4n) is 2.61. The number of aliphatic imine (C=N–C) groups is 1. The van der Waals surface area contributed by atoms with Crippen molar-refractivity contribution in [2.45, 2.75) is 52.6 Å². The Labute approximate surface area is 187 Å². The van der Waals surface area contributed by atoms with E-state index in [0.29, 0.717) is 13.1 Å². The number of nitrogens with one attached hydrogen (secondary N) is 3. The Hall–Kier alpha value is -0.810. The molecule has 1 aliphatic heterocycles. The highest BCUT2D eigenvalue weighted by Gasteiger charge is 2.15. The van der Waals surface area contributed by atoms with Gasteiger partial charge in [-0.3, -0.25) is 9.89 Å². The minimum Gasteiger partial charge on any atom is -0.444 e. The predicted octanol–water partition coefficient (Wildman–Crippen LogP) is 2.19. The van der Waals surface area contributed by atoms with Crippen LogP contribution in [0.15, 0.2) is 4.99 Å². The number of nitrogens with zero attached hydrogens (tertiary/aromatic N) is 2. The Morgan fingerprint density at radius 2 is 1.75 bits per heavy atom. The first-order valence-electron chi connectivity index (χ1n) is 10.2. The van der Waals surface area contributed by atoms with E-state index in [1.807, 2.05) is 20.8 Å². The predicted molar refractivity (Wildman–Crippen MR) is 125 cm³/mol. The Balaban J connectivity index is 0.00000729. The van der Waals surface area contributed by atoms with Crippen molar-refractivity contribution in [3.63, 3.8) is 0 Å². The van der Waals surface area contributed by atoms with Gasteiger partial charge >= 0.3 is 6.09 Å². The first-order valence-corrected chi connectivity index (χ1v) is 10.2. The van der Waals surface area contributed by atoms with Gasteiger partial charge in [0.1, 0.15) is 5.60 Å². The van der Waals surface area contributed by atoms with Gasteiger partial charge in [-0.15, -0.1) is 24.0 Å². The normalized spacial score (nSPS) is 15.5. The quantitative estimate of drug-likeness (QED) is 0.180. The molecule has 3 N–H and O–H groups in total. The summed E-state index contributed by atoms with van der Waals surface area (Å²) in [4.78, 5) is 18.6. The molecule has 1 aliphatic rings. The van der Waals surface area contributed by atoms with E-state index in [0.717, 1.165) is 64.7 Å². The van der Waals surface area contributed by atoms with Gasteiger partial charge in [0, 0.05) is 39.3 Å². The van der Waals surface area contributed by atoms with E-state index >= 15 is 0 Å². The van der Waals surface area contributed by atoms with Crippen LogP contribution in [0.5, 0.6) is 0 Å². The molecule has 0 radical (unpaired) electrons. The first kappa shape index (κ1) is 27.2. The summed E-state index contributed by atoms with van der Waals surface area (Å²) in [5.41, 5.74) is -0.466. The largest absolute Gasteiger partial charge is 0.444 e. The van der Waals surface area contributed by atoms with E-state index in [4.69, 9.17) is 9.47 Å². The van der Waals surface area contributed by atoms with Gasteiger partial charge in [0.15, 0.2) is 5.96 Å². The van der Waals surface area contributed by atoms with Gasteiger partial charge in [-0.2, -0.15) is 0 Å². The number of hydrogen-bond acceptors (Lipinski definition) is 5. The number of rotatable bonds is 10. The average Bonchev–Trinajstić information content (AvgIpc) is 2.60. The number of halogens is 1. The van der Waals surface area contributed by atoms with Crippen molar-refractivity contribution in [1.82, 2.24) is 20.9 Å². The topological polar surface area (TPSA) is 87.2 Å². The molecule has 1 saturated heterocycles. The maximum Gasteiger partial charge on any atom is 0.407 e. The molecule has 0 bridgehead atoms. The molecule has 0 aromatic carbocycles. The Kier molecular flexibility index (Phi) is 15.6. The number of alkyl carbamates (subject to hydrolysis) is 1. The summed E-state index contributed by atoms with van der Waals surface area (Å²) in [6.45, 7) is 15.5. The van der Waals surface area contributed by atoms with E-state index in [1.165, 1.54) is 6.42 Å². The summed E-state index contributed by atoms with van der Waals surface area (Å²) in [5.74, 6) is 0.834. The van der Waals surface area contributed by atoms with Crippen LogP contribution in [0.2, 0.25) is 0 Å². The zero-order chi connectivity index (χ0) is 20.0. The zero-order valence-electron chi connectivity index (χ0n) is 18.0. The SMILES string of the molecule is CCNC(=NCCCNC(=O)OC(C)(C)C)NCCCCN1CCOCC1.I. The molecule has 1 fully saturated rings. The van der Waals surface area contributed by atoms with Crippen molar-refractivity contribution < 1.29 is 14.3 Å². The summed E-state index contributed by atoms with van der Waals surface area (Å²) >= 11 is 0. The Morgan fingerprint density at radius 3 is 2.39 bits per heavy atom. The lowest BCUT2D eigenvalue weighted by molar-refractivity contribution is 0.0372. The average molecular weight is 513 g/mol. The van der Waals surface area contributed by atoms with E-state index < -0.39 is 5.60 Å². The van der Waals surface area contributed by atoms with Crippen LogP contribution in [-0.4, -0.2) is 81.6 Å². The third-order valence-electron chi connectivity index (χ3n) is 3.91. The molecule has 0 saturated carbocycles. The first-order chi connectivity index (χ1) is 12.9. The number of ether oxygens (including phenoxy) is 2. The third-order valence-corrected chi connectivity index (χ3v) is 3.91. The Morgan fingerprint density at radius 1 is 1.07 bits per heavy atom. The van der Waals surface area contributed by atoms with Gasteiger partial charge in [-0.1, -0.05) is 0 Å². The molecule has 166 valence electrons. The molecule has 1 amide bonds. The van der Waals surface area contributed by atoms with Crippen LogP contribution in [0.25, 0.3) is 0 Å². The number of morpholine rings is 1. The molecule has 0 spiro atoms. The smallest absolute Gasteiger partial charge is 0.407 e. The molecule has 0 atom stereocenters. The molecule has 8 nitrogen and oxygen atoms in total. The monoisotopic (exact) mass is 513 g/mol. The number of carbonyl (C=O) groups is 1. The second-order valence-electron chi connectivity index (χ2n) is 7.63. The standard InChI is InChI=1S/C19H39N5O3.HI/c1-5-20-17(21-9-6-7-12-24-13-15-26-16-14-24)22-10-8-11-23-18(25)27-19(2,3)4;/h5-16H2,1-4H3,(H,23,25)(H2,20,21,22);1H. The van der Waals surface area contributed by atoms with Gasteiger partial charge in [0.05, 0.1) is 13.2 Å². The molecule has 0 unspecified atom stereocenters. The van der Waals surface area contributed by atoms with Crippen LogP contribution in [0.1, 0.15) is 47.0 Å². The summed E-state index contributed by atoms with van der Waals surface area (Å²) in [5, 5.41) is 9.38. The van der Waals surface area contributed by atoms with Crippen LogP contribution in [0.3, 0.4) is 0 Å². The maximum atomic E-state index is 11.6. The lowest BCUT2D eigenvalue weighted by atomic mass is 10.2. The third kappa shape index (κ3) is 15.2. The van der Waals surface area contributed by atoms with Crippen LogP contribution < -0.4 is 16.0 Å². The van der Waals surface area contributed by atoms with Crippen molar-refractivity contribution in [2.75, 3.05) is 59.0 Å². The van der Waals surface area contributed by atoms with Gasteiger partial charge in [0.2, 0.25) is 0 Å². The van der Waals surface area contributed by atoms with Crippen molar-refractivity contribution in [1.29, 1.82) is 0 Å². The molecule has 28 heavy (non-hydrogen) atoms. The molecule has 1 heterocycles. The minimum absolute atomic E-state index is 0. The lowest BCUT2D eigenvalue weighted by Crippen LogP contribution is -2.39. The van der Waals surface area contributed by atoms with Gasteiger partial charge in [-0.05, 0) is 53.5 Å². The van der Waals surface area contributed by atoms with Gasteiger partial charge < -0.3 is 25.4 Å². The maximum absolute atomic E-state index is 11.6. The number of guanidine groups is 1. The number of amides is 1. The molecular formula is C19H40IN5O3. The van der Waals surface area contributed by atoms with Gasteiger partial charge in [0.25, 0.3) is 0 Å². The summed E-state index contributed by atoms with van der Waals surface area (Å²) in [7, 11) is 0. The van der Waals surface area contributed by atoms with Crippen LogP contribution >= 0.6 is 24.0 Å². The molecule has 0 aromatic heterocycles. The highest BCUT2D eigenvalue weighted by atomic mass is 127. The van der Waals surface area contributed by atoms with Crippen LogP contribution in [-0.2, 0) is 9.47 Å². The molecule has 9 heteroatoms. The van der Waals surface area contributed by atoms with Crippen molar-refractivity contribution in [3.8, 4) is 0 Å². The van der Waals surface area contributed by atoms with Crippen molar-refractivity contribution in [3.05, 3.63) is 0 Å². The van der Waals surface area contributed by atoms with E-state index in [2.05, 4.69) is 32.8 Å². The van der Waals surface area contributed by atoms with Crippen LogP contribution in [0.4, 0.5) is 4.79 Å². The minimum atomic E-state index is -0.466.